The van der Waals surface area contributed by atoms with Crippen molar-refractivity contribution in [1.29, 1.82) is 0 Å². The van der Waals surface area contributed by atoms with Crippen molar-refractivity contribution in [3.05, 3.63) is 228 Å². The lowest BCUT2D eigenvalue weighted by molar-refractivity contribution is -0.137. The van der Waals surface area contributed by atoms with Crippen molar-refractivity contribution in [3.8, 4) is 11.1 Å². The molecule has 7 aromatic carbocycles. The van der Waals surface area contributed by atoms with Gasteiger partial charge in [-0.15, -0.1) is 0 Å². The first-order valence-electron chi connectivity index (χ1n) is 25.2. The number of hydrogen-bond donors (Lipinski definition) is 4. The molecule has 0 aromatic heterocycles. The molecule has 1 amide bonds. The Bertz CT molecular complexity index is 3130. The fraction of sp³-hybridized carbons (Fsp3) is 0.222. The van der Waals surface area contributed by atoms with E-state index < -0.39 is 22.8 Å². The number of nitrogens with zero attached hydrogens (tertiary/aromatic N) is 4. The summed E-state index contributed by atoms with van der Waals surface area (Å²) in [6.45, 7) is 10.8. The second-order valence-corrected chi connectivity index (χ2v) is 20.2. The number of anilines is 6. The van der Waals surface area contributed by atoms with Gasteiger partial charge in [0.2, 0.25) is 0 Å². The second-order valence-electron chi connectivity index (χ2n) is 20.2. The highest BCUT2D eigenvalue weighted by Gasteiger charge is 2.44. The van der Waals surface area contributed by atoms with E-state index in [4.69, 9.17) is 0 Å². The number of nitrogens with one attached hydrogen (secondary N) is 2. The zero-order chi connectivity index (χ0) is 52.0. The van der Waals surface area contributed by atoms with Crippen molar-refractivity contribution in [2.75, 3.05) is 50.6 Å². The maximum Gasteiger partial charge on any atom is 0.305 e. The minimum atomic E-state index is -0.885. The maximum absolute atomic E-state index is 14.1. The molecular weight excluding hydrogens is 921 g/mol. The molecule has 2 aliphatic heterocycles. The van der Waals surface area contributed by atoms with Gasteiger partial charge in [0.25, 0.3) is 5.91 Å². The second kappa shape index (κ2) is 21.6. The van der Waals surface area contributed by atoms with Crippen LogP contribution in [-0.4, -0.2) is 54.2 Å². The van der Waals surface area contributed by atoms with E-state index in [0.29, 0.717) is 12.1 Å². The van der Waals surface area contributed by atoms with Gasteiger partial charge in [0, 0.05) is 78.1 Å². The van der Waals surface area contributed by atoms with Gasteiger partial charge in [-0.1, -0.05) is 137 Å². The summed E-state index contributed by atoms with van der Waals surface area (Å²) in [6.07, 6.45) is 6.17. The van der Waals surface area contributed by atoms with E-state index in [1.54, 1.807) is 11.9 Å². The SMILES string of the molecule is CN(C(=O)c1ccc(NNc2ccc(N(Cc3ccccc3)Cc3ccccc3)cc2)cc1)c1ccc2c(c1)C(C)(C)C(/C=C/C=C1/N(CCC(=O)O)c3ccc(-c4ccccc4)cc3C1(C)C)N2CCC(=O)O. The maximum atomic E-state index is 14.1. The number of carbonyl (C=O) groups excluding carboxylic acids is 1. The Kier molecular flexibility index (Phi) is 14.7. The zero-order valence-corrected chi connectivity index (χ0v) is 42.7. The number of benzene rings is 7. The van der Waals surface area contributed by atoms with Crippen LogP contribution in [0.15, 0.2) is 200 Å². The van der Waals surface area contributed by atoms with Gasteiger partial charge in [0.05, 0.1) is 30.3 Å². The molecule has 11 nitrogen and oxygen atoms in total. The van der Waals surface area contributed by atoms with Crippen LogP contribution in [0.25, 0.3) is 11.1 Å². The lowest BCUT2D eigenvalue weighted by Crippen LogP contribution is -2.41. The van der Waals surface area contributed by atoms with Gasteiger partial charge in [0.15, 0.2) is 0 Å². The zero-order valence-electron chi connectivity index (χ0n) is 42.7. The number of carboxylic acids is 2. The number of allylic oxidation sites excluding steroid dienone is 3. The number of hydrogen-bond acceptors (Lipinski definition) is 8. The molecule has 7 aromatic rings. The number of fused-ring (bicyclic) bond motifs is 2. The smallest absolute Gasteiger partial charge is 0.305 e. The van der Waals surface area contributed by atoms with Crippen molar-refractivity contribution >= 4 is 52.0 Å². The number of carbonyl (C=O) groups is 3. The third-order valence-corrected chi connectivity index (χ3v) is 14.6. The van der Waals surface area contributed by atoms with E-state index in [-0.39, 0.29) is 31.3 Å². The van der Waals surface area contributed by atoms with Gasteiger partial charge < -0.3 is 40.7 Å². The molecule has 0 radical (unpaired) electrons. The normalized spacial score (nSPS) is 15.7. The average Bonchev–Trinajstić information content (AvgIpc) is 3.77. The van der Waals surface area contributed by atoms with Crippen LogP contribution in [-0.2, 0) is 33.5 Å². The molecule has 0 fully saturated rings. The van der Waals surface area contributed by atoms with Crippen LogP contribution in [0, 0.1) is 0 Å². The van der Waals surface area contributed by atoms with Crippen LogP contribution in [0.4, 0.5) is 34.1 Å². The third-order valence-electron chi connectivity index (χ3n) is 14.6. The number of rotatable bonds is 19. The first-order chi connectivity index (χ1) is 35.7. The largest absolute Gasteiger partial charge is 0.481 e. The molecule has 2 aliphatic rings. The minimum Gasteiger partial charge on any atom is -0.481 e. The number of carboxylic acid groups (broad SMARTS) is 2. The topological polar surface area (TPSA) is 129 Å². The summed E-state index contributed by atoms with van der Waals surface area (Å²) >= 11 is 0. The van der Waals surface area contributed by atoms with Gasteiger partial charge in [-0.3, -0.25) is 14.4 Å². The summed E-state index contributed by atoms with van der Waals surface area (Å²) in [5.41, 5.74) is 19.4. The van der Waals surface area contributed by atoms with Crippen LogP contribution in [0.2, 0.25) is 0 Å². The van der Waals surface area contributed by atoms with Crippen molar-refractivity contribution in [2.24, 2.45) is 0 Å². The summed E-state index contributed by atoms with van der Waals surface area (Å²) in [5, 5.41) is 19.6. The molecule has 4 N–H and O–H groups in total. The van der Waals surface area contributed by atoms with Gasteiger partial charge in [-0.05, 0) is 118 Å². The molecule has 0 bridgehead atoms. The monoisotopic (exact) mass is 984 g/mol. The third kappa shape index (κ3) is 10.9. The van der Waals surface area contributed by atoms with Crippen molar-refractivity contribution in [3.63, 3.8) is 0 Å². The van der Waals surface area contributed by atoms with Gasteiger partial charge in [-0.25, -0.2) is 0 Å². The van der Waals surface area contributed by atoms with Crippen LogP contribution in [0.3, 0.4) is 0 Å². The van der Waals surface area contributed by atoms with Crippen LogP contribution in [0.1, 0.15) is 73.1 Å². The molecule has 2 heterocycles. The number of amides is 1. The van der Waals surface area contributed by atoms with E-state index in [9.17, 15) is 24.6 Å². The molecule has 376 valence electrons. The predicted molar refractivity (Wildman–Crippen MR) is 300 cm³/mol. The molecule has 0 aliphatic carbocycles. The fourth-order valence-electron chi connectivity index (χ4n) is 10.5. The van der Waals surface area contributed by atoms with E-state index in [2.05, 4.69) is 175 Å². The molecule has 0 saturated heterocycles. The summed E-state index contributed by atoms with van der Waals surface area (Å²) in [5.74, 6) is -1.91. The fourth-order valence-corrected chi connectivity index (χ4v) is 10.5. The molecule has 1 atom stereocenters. The highest BCUT2D eigenvalue weighted by atomic mass is 16.4. The molecular formula is C63H64N6O5. The highest BCUT2D eigenvalue weighted by Crippen LogP contribution is 2.50. The van der Waals surface area contributed by atoms with Gasteiger partial charge in [-0.2, -0.15) is 0 Å². The standard InChI is InChI=1S/C63H64N6O5/c1-62(2)53-40-48(46-20-13-8-14-21-46)26-34-55(53)68(38-36-59(70)71)57(62)22-15-23-58-63(3,4)54-41-52(33-35-56(54)69(58)39-37-60(72)73)66(5)61(74)47-24-27-49(28-25-47)64-65-50-29-31-51(32-30-50)67(42-44-16-9-6-10-17-44)43-45-18-11-7-12-19-45/h6-35,40-41,58,64-65H,36-39,42-43H2,1-5H3,(H,70,71)(H,72,73)/b23-15+,57-22+. The predicted octanol–water partition coefficient (Wildman–Crippen LogP) is 12.9. The first-order valence-corrected chi connectivity index (χ1v) is 25.2. The Labute approximate surface area is 434 Å². The summed E-state index contributed by atoms with van der Waals surface area (Å²) in [7, 11) is 1.77. The Morgan fingerprint density at radius 2 is 1.14 bits per heavy atom. The lowest BCUT2D eigenvalue weighted by atomic mass is 9.79. The van der Waals surface area contributed by atoms with E-state index in [0.717, 1.165) is 75.2 Å². The van der Waals surface area contributed by atoms with Crippen LogP contribution < -0.4 is 30.5 Å². The van der Waals surface area contributed by atoms with Crippen molar-refractivity contribution in [1.82, 2.24) is 0 Å². The molecule has 9 rings (SSSR count). The molecule has 11 heteroatoms. The summed E-state index contributed by atoms with van der Waals surface area (Å²) < 4.78 is 0. The summed E-state index contributed by atoms with van der Waals surface area (Å²) in [4.78, 5) is 46.3. The Morgan fingerprint density at radius 1 is 0.595 bits per heavy atom. The Balaban J connectivity index is 0.890. The van der Waals surface area contributed by atoms with E-state index >= 15 is 0 Å². The van der Waals surface area contributed by atoms with Crippen molar-refractivity contribution < 1.29 is 24.6 Å². The van der Waals surface area contributed by atoms with Crippen molar-refractivity contribution in [2.45, 2.75) is 70.5 Å². The highest BCUT2D eigenvalue weighted by molar-refractivity contribution is 6.06. The van der Waals surface area contributed by atoms with E-state index in [1.165, 1.54) is 11.1 Å². The van der Waals surface area contributed by atoms with E-state index in [1.807, 2.05) is 72.8 Å². The molecule has 0 saturated carbocycles. The van der Waals surface area contributed by atoms with Gasteiger partial charge in [0.1, 0.15) is 0 Å². The lowest BCUT2D eigenvalue weighted by Gasteiger charge is -2.32. The number of hydrazine groups is 1. The summed E-state index contributed by atoms with van der Waals surface area (Å²) in [6, 6.07) is 59.1. The first kappa shape index (κ1) is 50.4. The molecule has 1 unspecified atom stereocenters. The quantitative estimate of drug-likeness (QED) is 0.0582. The Hall–Kier alpha value is -8.57. The van der Waals surface area contributed by atoms with Gasteiger partial charge >= 0.3 is 11.9 Å². The molecule has 74 heavy (non-hydrogen) atoms. The van der Waals surface area contributed by atoms with Crippen LogP contribution in [0.5, 0.6) is 0 Å². The average molecular weight is 985 g/mol. The molecule has 0 spiro atoms. The van der Waals surface area contributed by atoms with Crippen LogP contribution >= 0.6 is 0 Å². The number of aliphatic carboxylic acids is 2. The Morgan fingerprint density at radius 3 is 1.73 bits per heavy atom. The minimum absolute atomic E-state index is 0.0216.